The summed E-state index contributed by atoms with van der Waals surface area (Å²) in [5.74, 6) is 0.211. The van der Waals surface area contributed by atoms with Gasteiger partial charge in [0.05, 0.1) is 12.4 Å². The predicted octanol–water partition coefficient (Wildman–Crippen LogP) is 2.85. The van der Waals surface area contributed by atoms with E-state index < -0.39 is 5.97 Å². The molecule has 0 aliphatic carbocycles. The molecule has 2 aromatic heterocycles. The van der Waals surface area contributed by atoms with Gasteiger partial charge < -0.3 is 9.84 Å². The van der Waals surface area contributed by atoms with Crippen molar-refractivity contribution in [2.24, 2.45) is 0 Å². The molecule has 0 radical (unpaired) electrons. The van der Waals surface area contributed by atoms with Gasteiger partial charge in [-0.15, -0.1) is 11.3 Å². The van der Waals surface area contributed by atoms with Crippen molar-refractivity contribution in [2.75, 3.05) is 0 Å². The second-order valence-corrected chi connectivity index (χ2v) is 4.40. The van der Waals surface area contributed by atoms with Crippen molar-refractivity contribution in [1.29, 1.82) is 0 Å². The van der Waals surface area contributed by atoms with Gasteiger partial charge in [-0.25, -0.2) is 4.79 Å². The molecule has 0 saturated heterocycles. The van der Waals surface area contributed by atoms with Crippen molar-refractivity contribution >= 4 is 17.3 Å². The van der Waals surface area contributed by atoms with Gasteiger partial charge in [-0.2, -0.15) is 5.10 Å². The molecule has 0 bridgehead atoms. The Bertz CT molecular complexity index is 518. The summed E-state index contributed by atoms with van der Waals surface area (Å²) in [7, 11) is 0. The second-order valence-electron chi connectivity index (χ2n) is 3.49. The fourth-order valence-corrected chi connectivity index (χ4v) is 2.01. The van der Waals surface area contributed by atoms with E-state index in [1.165, 1.54) is 6.07 Å². The van der Waals surface area contributed by atoms with Crippen LogP contribution in [0, 0.1) is 0 Å². The zero-order valence-corrected chi connectivity index (χ0v) is 10.1. The molecule has 0 fully saturated rings. The highest BCUT2D eigenvalue weighted by atomic mass is 32.1. The van der Waals surface area contributed by atoms with Gasteiger partial charge in [0.2, 0.25) is 0 Å². The molecule has 0 aromatic carbocycles. The lowest BCUT2D eigenvalue weighted by molar-refractivity contribution is 0.0702. The van der Waals surface area contributed by atoms with Gasteiger partial charge in [0.15, 0.2) is 5.75 Å². The lowest BCUT2D eigenvalue weighted by Crippen LogP contribution is -1.95. The molecule has 6 heteroatoms. The molecule has 0 spiro atoms. The van der Waals surface area contributed by atoms with Crippen LogP contribution in [-0.2, 0) is 6.54 Å². The number of aromatic nitrogens is 2. The molecule has 2 rings (SSSR count). The van der Waals surface area contributed by atoms with Crippen molar-refractivity contribution in [3.63, 3.8) is 0 Å². The Morgan fingerprint density at radius 3 is 3.06 bits per heavy atom. The van der Waals surface area contributed by atoms with Crippen LogP contribution >= 0.6 is 11.3 Å². The zero-order chi connectivity index (χ0) is 12.3. The average Bonchev–Trinajstić information content (AvgIpc) is 2.89. The Labute approximate surface area is 102 Å². The second kappa shape index (κ2) is 5.01. The Hall–Kier alpha value is -1.82. The lowest BCUT2D eigenvalue weighted by Gasteiger charge is -1.98. The van der Waals surface area contributed by atoms with E-state index in [2.05, 4.69) is 12.0 Å². The van der Waals surface area contributed by atoms with Crippen molar-refractivity contribution in [1.82, 2.24) is 9.78 Å². The van der Waals surface area contributed by atoms with Gasteiger partial charge in [-0.05, 0) is 6.42 Å². The average molecular weight is 252 g/mol. The number of aryl methyl sites for hydroxylation is 1. The minimum Gasteiger partial charge on any atom is -0.477 e. The summed E-state index contributed by atoms with van der Waals surface area (Å²) in [5.41, 5.74) is 0. The Morgan fingerprint density at radius 2 is 2.41 bits per heavy atom. The fraction of sp³-hybridized carbons (Fsp3) is 0.273. The number of nitrogens with zero attached hydrogens (tertiary/aromatic N) is 2. The summed E-state index contributed by atoms with van der Waals surface area (Å²) < 4.78 is 7.29. The van der Waals surface area contributed by atoms with Gasteiger partial charge in [-0.3, -0.25) is 4.68 Å². The molecular formula is C11H12N2O3S. The van der Waals surface area contributed by atoms with Crippen LogP contribution < -0.4 is 4.74 Å². The molecule has 2 aromatic rings. The standard InChI is InChI=1S/C11H12N2O3S/c1-2-3-13-6-9(5-12-13)16-8-4-10(11(14)15)17-7-8/h4-7H,2-3H2,1H3,(H,14,15). The number of aromatic carboxylic acids is 1. The van der Waals surface area contributed by atoms with Gasteiger partial charge in [0, 0.05) is 18.0 Å². The van der Waals surface area contributed by atoms with E-state index in [0.29, 0.717) is 11.5 Å². The van der Waals surface area contributed by atoms with Gasteiger partial charge >= 0.3 is 5.97 Å². The number of hydrogen-bond acceptors (Lipinski definition) is 4. The first-order valence-electron chi connectivity index (χ1n) is 5.21. The number of carboxylic acid groups (broad SMARTS) is 1. The Morgan fingerprint density at radius 1 is 1.59 bits per heavy atom. The lowest BCUT2D eigenvalue weighted by atomic mass is 10.4. The molecule has 17 heavy (non-hydrogen) atoms. The van der Waals surface area contributed by atoms with Gasteiger partial charge in [0.25, 0.3) is 0 Å². The number of rotatable bonds is 5. The highest BCUT2D eigenvalue weighted by Crippen LogP contribution is 2.26. The van der Waals surface area contributed by atoms with Crippen LogP contribution in [0.3, 0.4) is 0 Å². The molecule has 0 saturated carbocycles. The monoisotopic (exact) mass is 252 g/mol. The molecule has 2 heterocycles. The molecule has 5 nitrogen and oxygen atoms in total. The Balaban J connectivity index is 2.05. The summed E-state index contributed by atoms with van der Waals surface area (Å²) in [5, 5.41) is 14.6. The van der Waals surface area contributed by atoms with Crippen LogP contribution in [0.4, 0.5) is 0 Å². The fourth-order valence-electron chi connectivity index (χ4n) is 1.37. The summed E-state index contributed by atoms with van der Waals surface area (Å²) in [6.45, 7) is 2.91. The Kier molecular flexibility index (Phi) is 3.43. The SMILES string of the molecule is CCCn1cc(Oc2csc(C(=O)O)c2)cn1. The van der Waals surface area contributed by atoms with E-state index in [1.54, 1.807) is 22.5 Å². The first kappa shape index (κ1) is 11.7. The van der Waals surface area contributed by atoms with E-state index in [0.717, 1.165) is 24.3 Å². The van der Waals surface area contributed by atoms with E-state index in [4.69, 9.17) is 9.84 Å². The molecule has 0 unspecified atom stereocenters. The largest absolute Gasteiger partial charge is 0.477 e. The van der Waals surface area contributed by atoms with Gasteiger partial charge in [0.1, 0.15) is 10.6 Å². The number of thiophene rings is 1. The first-order valence-corrected chi connectivity index (χ1v) is 6.09. The van der Waals surface area contributed by atoms with E-state index in [9.17, 15) is 4.79 Å². The van der Waals surface area contributed by atoms with Gasteiger partial charge in [-0.1, -0.05) is 6.92 Å². The number of hydrogen-bond donors (Lipinski definition) is 1. The van der Waals surface area contributed by atoms with Crippen LogP contribution in [-0.4, -0.2) is 20.9 Å². The number of carbonyl (C=O) groups is 1. The maximum atomic E-state index is 10.7. The minimum atomic E-state index is -0.938. The third-order valence-corrected chi connectivity index (χ3v) is 2.98. The molecular weight excluding hydrogens is 240 g/mol. The maximum absolute atomic E-state index is 10.7. The minimum absolute atomic E-state index is 0.265. The van der Waals surface area contributed by atoms with E-state index >= 15 is 0 Å². The molecule has 0 amide bonds. The quantitative estimate of drug-likeness (QED) is 0.888. The molecule has 0 aliphatic heterocycles. The van der Waals surface area contributed by atoms with Crippen LogP contribution in [0.25, 0.3) is 0 Å². The van der Waals surface area contributed by atoms with Crippen molar-refractivity contribution in [3.8, 4) is 11.5 Å². The van der Waals surface area contributed by atoms with Crippen LogP contribution in [0.15, 0.2) is 23.8 Å². The highest BCUT2D eigenvalue weighted by Gasteiger charge is 2.08. The number of carboxylic acids is 1. The van der Waals surface area contributed by atoms with Crippen LogP contribution in [0.1, 0.15) is 23.0 Å². The normalized spacial score (nSPS) is 10.4. The summed E-state index contributed by atoms with van der Waals surface area (Å²) in [6, 6.07) is 1.50. The van der Waals surface area contributed by atoms with Crippen molar-refractivity contribution in [3.05, 3.63) is 28.7 Å². The smallest absolute Gasteiger partial charge is 0.346 e. The third kappa shape index (κ3) is 2.85. The maximum Gasteiger partial charge on any atom is 0.346 e. The highest BCUT2D eigenvalue weighted by molar-refractivity contribution is 7.12. The number of ether oxygens (including phenoxy) is 1. The molecule has 90 valence electrons. The van der Waals surface area contributed by atoms with E-state index in [1.807, 2.05) is 0 Å². The first-order chi connectivity index (χ1) is 8.19. The van der Waals surface area contributed by atoms with E-state index in [-0.39, 0.29) is 4.88 Å². The van der Waals surface area contributed by atoms with Crippen molar-refractivity contribution < 1.29 is 14.6 Å². The van der Waals surface area contributed by atoms with Crippen LogP contribution in [0.5, 0.6) is 11.5 Å². The zero-order valence-electron chi connectivity index (χ0n) is 9.29. The van der Waals surface area contributed by atoms with Crippen molar-refractivity contribution in [2.45, 2.75) is 19.9 Å². The van der Waals surface area contributed by atoms with Crippen LogP contribution in [0.2, 0.25) is 0 Å². The topological polar surface area (TPSA) is 64.3 Å². The molecule has 0 aliphatic rings. The molecule has 1 N–H and O–H groups in total. The third-order valence-electron chi connectivity index (χ3n) is 2.08. The summed E-state index contributed by atoms with van der Waals surface area (Å²) in [4.78, 5) is 11.0. The molecule has 0 atom stereocenters. The predicted molar refractivity (Wildman–Crippen MR) is 63.9 cm³/mol. The summed E-state index contributed by atoms with van der Waals surface area (Å²) in [6.07, 6.45) is 4.41. The summed E-state index contributed by atoms with van der Waals surface area (Å²) >= 11 is 1.14.